The summed E-state index contributed by atoms with van der Waals surface area (Å²) in [5.41, 5.74) is 0. The number of hydrogen-bond acceptors (Lipinski definition) is 15. The molecule has 0 aromatic carbocycles. The number of rotatable bonds is 69. The fourth-order valence-electron chi connectivity index (χ4n) is 10.6. The van der Waals surface area contributed by atoms with E-state index in [1.54, 1.807) is 0 Å². The van der Waals surface area contributed by atoms with Gasteiger partial charge in [0.25, 0.3) is 0 Å². The van der Waals surface area contributed by atoms with Crippen LogP contribution in [0.5, 0.6) is 0 Å². The Bertz CT molecular complexity index is 1730. The third kappa shape index (κ3) is 64.6. The lowest BCUT2D eigenvalue weighted by Gasteiger charge is -2.21. The predicted molar refractivity (Wildman–Crippen MR) is 358 cm³/mol. The van der Waals surface area contributed by atoms with Crippen LogP contribution in [0.2, 0.25) is 0 Å². The average molecular weight is 1310 g/mol. The first-order valence-corrected chi connectivity index (χ1v) is 39.5. The summed E-state index contributed by atoms with van der Waals surface area (Å²) in [6.45, 7) is 9.44. The Morgan fingerprint density at radius 2 is 0.517 bits per heavy atom. The van der Waals surface area contributed by atoms with Crippen LogP contribution in [0.15, 0.2) is 0 Å². The molecular weight excluding hydrogens is 1170 g/mol. The maximum atomic E-state index is 13.0. The van der Waals surface area contributed by atoms with E-state index in [-0.39, 0.29) is 25.7 Å². The SMILES string of the molecule is CCCCCCCCCCCCCCCCCCC(=O)OC[C@H](COP(=O)(O)OC[C@@H](O)COP(=O)(O)OC[C@@H](COC(=O)CCCCCCCCC)OC(=O)CCCCCCCCC(C)C)OC(=O)CCCCCCCCCCCCCCCCC(C)C. The maximum absolute atomic E-state index is 13.0. The lowest BCUT2D eigenvalue weighted by molar-refractivity contribution is -0.161. The number of carbonyl (C=O) groups excluding carboxylic acids is 4. The van der Waals surface area contributed by atoms with Gasteiger partial charge >= 0.3 is 39.5 Å². The van der Waals surface area contributed by atoms with Crippen LogP contribution < -0.4 is 0 Å². The molecule has 0 amide bonds. The minimum absolute atomic E-state index is 0.102. The lowest BCUT2D eigenvalue weighted by atomic mass is 10.0. The third-order valence-corrected chi connectivity index (χ3v) is 18.1. The molecule has 0 spiro atoms. The van der Waals surface area contributed by atoms with Crippen LogP contribution in [-0.4, -0.2) is 96.7 Å². The molecule has 0 rings (SSSR count). The highest BCUT2D eigenvalue weighted by molar-refractivity contribution is 7.47. The number of ether oxygens (including phenoxy) is 4. The molecule has 3 N–H and O–H groups in total. The second-order valence-electron chi connectivity index (χ2n) is 26.2. The van der Waals surface area contributed by atoms with Crippen molar-refractivity contribution in [2.75, 3.05) is 39.6 Å². The van der Waals surface area contributed by atoms with Gasteiger partial charge in [-0.05, 0) is 37.5 Å². The van der Waals surface area contributed by atoms with Crippen molar-refractivity contribution in [2.24, 2.45) is 11.8 Å². The van der Waals surface area contributed by atoms with E-state index in [1.807, 2.05) is 0 Å². The number of esters is 4. The van der Waals surface area contributed by atoms with E-state index < -0.39 is 97.5 Å². The van der Waals surface area contributed by atoms with Crippen molar-refractivity contribution in [1.29, 1.82) is 0 Å². The van der Waals surface area contributed by atoms with Gasteiger partial charge in [0.05, 0.1) is 26.4 Å². The van der Waals surface area contributed by atoms with Crippen molar-refractivity contribution in [1.82, 2.24) is 0 Å². The zero-order valence-corrected chi connectivity index (χ0v) is 59.5. The highest BCUT2D eigenvalue weighted by Crippen LogP contribution is 2.45. The van der Waals surface area contributed by atoms with Crippen molar-refractivity contribution in [2.45, 2.75) is 374 Å². The lowest BCUT2D eigenvalue weighted by Crippen LogP contribution is -2.30. The van der Waals surface area contributed by atoms with Crippen molar-refractivity contribution >= 4 is 39.5 Å². The first kappa shape index (κ1) is 87.1. The molecule has 0 heterocycles. The molecular formula is C70H136O17P2. The number of unbranched alkanes of at least 4 members (excludes halogenated alkanes) is 39. The van der Waals surface area contributed by atoms with Crippen molar-refractivity contribution in [3.8, 4) is 0 Å². The summed E-state index contributed by atoms with van der Waals surface area (Å²) in [6.07, 6.45) is 47.5. The van der Waals surface area contributed by atoms with E-state index in [2.05, 4.69) is 41.5 Å². The van der Waals surface area contributed by atoms with Crippen molar-refractivity contribution in [3.05, 3.63) is 0 Å². The number of hydrogen-bond donors (Lipinski definition) is 3. The Hall–Kier alpha value is -1.94. The normalized spacial score (nSPS) is 14.1. The van der Waals surface area contributed by atoms with Gasteiger partial charge in [0, 0.05) is 25.7 Å². The van der Waals surface area contributed by atoms with Gasteiger partial charge in [-0.1, -0.05) is 305 Å². The molecule has 0 saturated carbocycles. The van der Waals surface area contributed by atoms with Crippen LogP contribution in [0.1, 0.15) is 356 Å². The Kier molecular flexibility index (Phi) is 60.8. The van der Waals surface area contributed by atoms with Crippen molar-refractivity contribution < 1.29 is 80.2 Å². The number of aliphatic hydroxyl groups is 1. The molecule has 0 aromatic heterocycles. The molecule has 528 valence electrons. The van der Waals surface area contributed by atoms with Crippen molar-refractivity contribution in [3.63, 3.8) is 0 Å². The minimum atomic E-state index is -4.95. The third-order valence-electron chi connectivity index (χ3n) is 16.2. The summed E-state index contributed by atoms with van der Waals surface area (Å²) in [7, 11) is -9.89. The van der Waals surface area contributed by atoms with Crippen LogP contribution in [0, 0.1) is 11.8 Å². The van der Waals surface area contributed by atoms with Crippen LogP contribution in [0.25, 0.3) is 0 Å². The molecule has 19 heteroatoms. The summed E-state index contributed by atoms with van der Waals surface area (Å²) < 4.78 is 68.1. The molecule has 17 nitrogen and oxygen atoms in total. The molecule has 0 aliphatic carbocycles. The van der Waals surface area contributed by atoms with Gasteiger partial charge < -0.3 is 33.8 Å². The molecule has 0 aliphatic heterocycles. The minimum Gasteiger partial charge on any atom is -0.462 e. The van der Waals surface area contributed by atoms with Crippen LogP contribution >= 0.6 is 15.6 Å². The summed E-state index contributed by atoms with van der Waals surface area (Å²) in [4.78, 5) is 72.3. The van der Waals surface area contributed by atoms with Gasteiger partial charge in [-0.25, -0.2) is 9.13 Å². The van der Waals surface area contributed by atoms with Gasteiger partial charge in [-0.2, -0.15) is 0 Å². The fourth-order valence-corrected chi connectivity index (χ4v) is 12.2. The largest absolute Gasteiger partial charge is 0.472 e. The van der Waals surface area contributed by atoms with Gasteiger partial charge in [0.2, 0.25) is 0 Å². The van der Waals surface area contributed by atoms with E-state index in [0.717, 1.165) is 109 Å². The average Bonchev–Trinajstić information content (AvgIpc) is 3.59. The number of carbonyl (C=O) groups is 4. The van der Waals surface area contributed by atoms with E-state index in [1.165, 1.54) is 161 Å². The molecule has 0 fully saturated rings. The van der Waals surface area contributed by atoms with Gasteiger partial charge in [0.1, 0.15) is 19.3 Å². The van der Waals surface area contributed by atoms with E-state index in [0.29, 0.717) is 31.6 Å². The van der Waals surface area contributed by atoms with Gasteiger partial charge in [0.15, 0.2) is 12.2 Å². The Balaban J connectivity index is 5.18. The van der Waals surface area contributed by atoms with E-state index in [9.17, 15) is 43.2 Å². The van der Waals surface area contributed by atoms with Gasteiger partial charge in [-0.15, -0.1) is 0 Å². The molecule has 2 unspecified atom stereocenters. The molecule has 0 bridgehead atoms. The Morgan fingerprint density at radius 3 is 0.764 bits per heavy atom. The molecule has 5 atom stereocenters. The zero-order valence-electron chi connectivity index (χ0n) is 57.7. The summed E-state index contributed by atoms with van der Waals surface area (Å²) in [5, 5.41) is 10.6. The highest BCUT2D eigenvalue weighted by Gasteiger charge is 2.30. The van der Waals surface area contributed by atoms with E-state index >= 15 is 0 Å². The summed E-state index contributed by atoms with van der Waals surface area (Å²) in [5.74, 6) is -0.668. The molecule has 89 heavy (non-hydrogen) atoms. The zero-order chi connectivity index (χ0) is 65.7. The smallest absolute Gasteiger partial charge is 0.462 e. The molecule has 0 saturated heterocycles. The second kappa shape index (κ2) is 62.2. The Labute approximate surface area is 543 Å². The summed E-state index contributed by atoms with van der Waals surface area (Å²) in [6, 6.07) is 0. The highest BCUT2D eigenvalue weighted by atomic mass is 31.2. The molecule has 0 aliphatic rings. The first-order valence-electron chi connectivity index (χ1n) is 36.5. The fraction of sp³-hybridized carbons (Fsp3) is 0.943. The molecule has 0 aromatic rings. The predicted octanol–water partition coefficient (Wildman–Crippen LogP) is 20.0. The monoisotopic (exact) mass is 1310 g/mol. The first-order chi connectivity index (χ1) is 42.9. The number of aliphatic hydroxyl groups excluding tert-OH is 1. The van der Waals surface area contributed by atoms with Crippen LogP contribution in [-0.2, 0) is 65.4 Å². The second-order valence-corrected chi connectivity index (χ2v) is 29.1. The van der Waals surface area contributed by atoms with Gasteiger partial charge in [-0.3, -0.25) is 37.3 Å². The maximum Gasteiger partial charge on any atom is 0.472 e. The Morgan fingerprint density at radius 1 is 0.303 bits per heavy atom. The summed E-state index contributed by atoms with van der Waals surface area (Å²) >= 11 is 0. The van der Waals surface area contributed by atoms with E-state index in [4.69, 9.17) is 37.0 Å². The van der Waals surface area contributed by atoms with Crippen LogP contribution in [0.3, 0.4) is 0 Å². The molecule has 0 radical (unpaired) electrons. The standard InChI is InChI=1S/C70H136O17P2/c1-7-9-11-13-15-16-17-18-19-20-24-27-30-34-41-47-53-68(73)81-59-65(86-69(74)54-48-42-35-31-28-25-22-21-23-26-29-33-38-44-50-62(3)4)60-84-88(76,77)82-56-64(71)57-83-89(78,79)85-61-66(58-80-67(72)52-46-40-32-14-12-10-8-2)87-70(75)55-49-43-37-36-39-45-51-63(5)6/h62-66,71H,7-61H2,1-6H3,(H,76,77)(H,78,79)/t64-,65-,66-/m1/s1. The number of phosphoric acid groups is 2. The topological polar surface area (TPSA) is 237 Å². The van der Waals surface area contributed by atoms with Crippen LogP contribution in [0.4, 0.5) is 0 Å². The number of phosphoric ester groups is 2. The quantitative estimate of drug-likeness (QED) is 0.0222.